The van der Waals surface area contributed by atoms with Gasteiger partial charge in [-0.2, -0.15) is 0 Å². The number of para-hydroxylation sites is 1. The molecule has 4 rings (SSSR count). The molecule has 0 bridgehead atoms. The number of pyridine rings is 1. The number of rotatable bonds is 7. The number of carbonyl (C=O) groups is 3. The predicted octanol–water partition coefficient (Wildman–Crippen LogP) is 3.05. The second kappa shape index (κ2) is 8.83. The van der Waals surface area contributed by atoms with Crippen molar-refractivity contribution in [2.45, 2.75) is 32.4 Å². The van der Waals surface area contributed by atoms with Gasteiger partial charge in [0.1, 0.15) is 18.4 Å². The van der Waals surface area contributed by atoms with E-state index >= 15 is 0 Å². The van der Waals surface area contributed by atoms with E-state index in [9.17, 15) is 14.4 Å². The van der Waals surface area contributed by atoms with Crippen LogP contribution in [0, 0.1) is 6.92 Å². The Morgan fingerprint density at radius 2 is 1.90 bits per heavy atom. The molecule has 1 atom stereocenters. The number of fused-ring (bicyclic) bond motifs is 1. The number of ether oxygens (including phenoxy) is 1. The Labute approximate surface area is 179 Å². The number of imide groups is 1. The number of nitrogens with zero attached hydrogens (tertiary/aromatic N) is 1. The lowest BCUT2D eigenvalue weighted by molar-refractivity contribution is -0.120. The van der Waals surface area contributed by atoms with Gasteiger partial charge in [-0.15, -0.1) is 0 Å². The monoisotopic (exact) mass is 418 g/mol. The van der Waals surface area contributed by atoms with Gasteiger partial charge in [0.25, 0.3) is 5.91 Å². The lowest BCUT2D eigenvalue weighted by Crippen LogP contribution is -2.30. The van der Waals surface area contributed by atoms with Gasteiger partial charge in [-0.25, -0.2) is 4.79 Å². The highest BCUT2D eigenvalue weighted by atomic mass is 16.5. The molecule has 3 aromatic rings. The Morgan fingerprint density at radius 1 is 1.13 bits per heavy atom. The van der Waals surface area contributed by atoms with Crippen molar-refractivity contribution in [3.8, 4) is 5.75 Å². The van der Waals surface area contributed by atoms with E-state index in [1.54, 1.807) is 24.3 Å². The van der Waals surface area contributed by atoms with Crippen molar-refractivity contribution in [3.63, 3.8) is 0 Å². The van der Waals surface area contributed by atoms with Crippen LogP contribution in [0.3, 0.4) is 0 Å². The Hall–Kier alpha value is -3.94. The number of aryl methyl sites for hydroxylation is 1. The van der Waals surface area contributed by atoms with Crippen molar-refractivity contribution in [3.05, 3.63) is 65.9 Å². The van der Waals surface area contributed by atoms with Gasteiger partial charge in [-0.05, 0) is 49.7 Å². The fraction of sp³-hybridized carbons (Fsp3) is 0.217. The van der Waals surface area contributed by atoms with Crippen molar-refractivity contribution in [2.75, 3.05) is 5.32 Å². The molecule has 0 unspecified atom stereocenters. The minimum absolute atomic E-state index is 0.116. The summed E-state index contributed by atoms with van der Waals surface area (Å²) in [6.45, 7) is 2.37. The van der Waals surface area contributed by atoms with Crippen LogP contribution in [0.2, 0.25) is 0 Å². The highest BCUT2D eigenvalue weighted by Gasteiger charge is 2.29. The van der Waals surface area contributed by atoms with Gasteiger partial charge >= 0.3 is 6.03 Å². The molecular formula is C23H22N4O4. The average Bonchev–Trinajstić information content (AvgIpc) is 3.08. The molecule has 0 spiro atoms. The maximum absolute atomic E-state index is 12.1. The molecule has 1 fully saturated rings. The van der Waals surface area contributed by atoms with Crippen LogP contribution >= 0.6 is 0 Å². The first-order valence-electron chi connectivity index (χ1n) is 9.97. The summed E-state index contributed by atoms with van der Waals surface area (Å²) in [4.78, 5) is 39.3. The molecular weight excluding hydrogens is 396 g/mol. The SMILES string of the molecule is Cc1cc(COc2ccc(NC(=O)CC[C@H]3NC(=O)NC3=O)cc2)c2ccccc2n1. The fourth-order valence-electron chi connectivity index (χ4n) is 3.47. The van der Waals surface area contributed by atoms with Crippen LogP contribution in [0.4, 0.5) is 10.5 Å². The Bertz CT molecular complexity index is 1140. The van der Waals surface area contributed by atoms with Crippen LogP contribution in [-0.4, -0.2) is 28.9 Å². The van der Waals surface area contributed by atoms with Gasteiger partial charge < -0.3 is 15.4 Å². The fourth-order valence-corrected chi connectivity index (χ4v) is 3.47. The number of anilines is 1. The maximum Gasteiger partial charge on any atom is 0.322 e. The topological polar surface area (TPSA) is 109 Å². The minimum atomic E-state index is -0.665. The first-order valence-corrected chi connectivity index (χ1v) is 9.97. The van der Waals surface area contributed by atoms with Crippen LogP contribution in [0.1, 0.15) is 24.1 Å². The smallest absolute Gasteiger partial charge is 0.322 e. The van der Waals surface area contributed by atoms with Gasteiger partial charge in [0.2, 0.25) is 5.91 Å². The van der Waals surface area contributed by atoms with Gasteiger partial charge in [-0.3, -0.25) is 19.9 Å². The first kappa shape index (κ1) is 20.3. The summed E-state index contributed by atoms with van der Waals surface area (Å²) in [5.41, 5.74) is 3.56. The largest absolute Gasteiger partial charge is 0.489 e. The number of amides is 4. The van der Waals surface area contributed by atoms with Crippen molar-refractivity contribution in [1.82, 2.24) is 15.6 Å². The number of hydrogen-bond donors (Lipinski definition) is 3. The number of hydrogen-bond acceptors (Lipinski definition) is 5. The number of carbonyl (C=O) groups excluding carboxylic acids is 3. The molecule has 4 amide bonds. The van der Waals surface area contributed by atoms with Gasteiger partial charge in [0, 0.05) is 28.8 Å². The zero-order chi connectivity index (χ0) is 21.8. The Morgan fingerprint density at radius 3 is 2.65 bits per heavy atom. The number of aromatic nitrogens is 1. The summed E-state index contributed by atoms with van der Waals surface area (Å²) in [5.74, 6) is 0.0414. The van der Waals surface area contributed by atoms with E-state index < -0.39 is 18.0 Å². The molecule has 31 heavy (non-hydrogen) atoms. The van der Waals surface area contributed by atoms with Crippen LogP contribution in [0.5, 0.6) is 5.75 Å². The van der Waals surface area contributed by atoms with E-state index in [1.165, 1.54) is 0 Å². The van der Waals surface area contributed by atoms with Crippen LogP contribution < -0.4 is 20.7 Å². The third-order valence-electron chi connectivity index (χ3n) is 4.98. The zero-order valence-electron chi connectivity index (χ0n) is 17.0. The molecule has 8 nitrogen and oxygen atoms in total. The highest BCUT2D eigenvalue weighted by Crippen LogP contribution is 2.22. The molecule has 1 aliphatic rings. The summed E-state index contributed by atoms with van der Waals surface area (Å²) < 4.78 is 5.93. The summed E-state index contributed by atoms with van der Waals surface area (Å²) >= 11 is 0. The highest BCUT2D eigenvalue weighted by molar-refractivity contribution is 6.04. The van der Waals surface area contributed by atoms with Gasteiger partial charge in [0.15, 0.2) is 0 Å². The van der Waals surface area contributed by atoms with E-state index in [2.05, 4.69) is 20.9 Å². The van der Waals surface area contributed by atoms with E-state index in [4.69, 9.17) is 4.74 Å². The second-order valence-electron chi connectivity index (χ2n) is 7.36. The van der Waals surface area contributed by atoms with Gasteiger partial charge in [-0.1, -0.05) is 18.2 Å². The molecule has 0 aliphatic carbocycles. The van der Waals surface area contributed by atoms with Crippen molar-refractivity contribution in [1.29, 1.82) is 0 Å². The normalized spacial score (nSPS) is 15.5. The lowest BCUT2D eigenvalue weighted by Gasteiger charge is -2.11. The second-order valence-corrected chi connectivity index (χ2v) is 7.36. The van der Waals surface area contributed by atoms with Crippen LogP contribution in [0.15, 0.2) is 54.6 Å². The molecule has 0 saturated carbocycles. The first-order chi connectivity index (χ1) is 15.0. The van der Waals surface area contributed by atoms with E-state index in [0.29, 0.717) is 18.0 Å². The third-order valence-corrected chi connectivity index (χ3v) is 4.98. The summed E-state index contributed by atoms with van der Waals surface area (Å²) in [7, 11) is 0. The summed E-state index contributed by atoms with van der Waals surface area (Å²) in [6, 6.07) is 15.9. The predicted molar refractivity (Wildman–Crippen MR) is 116 cm³/mol. The quantitative estimate of drug-likeness (QED) is 0.511. The molecule has 1 aliphatic heterocycles. The van der Waals surface area contributed by atoms with Gasteiger partial charge in [0.05, 0.1) is 5.52 Å². The van der Waals surface area contributed by atoms with E-state index in [0.717, 1.165) is 22.2 Å². The molecule has 1 saturated heterocycles. The Kier molecular flexibility index (Phi) is 5.79. The average molecular weight is 418 g/mol. The number of benzene rings is 2. The summed E-state index contributed by atoms with van der Waals surface area (Å²) in [5, 5.41) is 8.45. The molecule has 2 heterocycles. The van der Waals surface area contributed by atoms with Crippen LogP contribution in [-0.2, 0) is 16.2 Å². The standard InChI is InChI=1S/C23H22N4O4/c1-14-12-15(18-4-2-3-5-19(18)24-14)13-31-17-8-6-16(7-9-17)25-21(28)11-10-20-22(29)27-23(30)26-20/h2-9,12,20H,10-11,13H2,1H3,(H,25,28)(H2,26,27,29,30)/t20-/m1/s1. The van der Waals surface area contributed by atoms with Crippen molar-refractivity contribution in [2.24, 2.45) is 0 Å². The third kappa shape index (κ3) is 4.98. The minimum Gasteiger partial charge on any atom is -0.489 e. The maximum atomic E-state index is 12.1. The summed E-state index contributed by atoms with van der Waals surface area (Å²) in [6.07, 6.45) is 0.356. The molecule has 0 radical (unpaired) electrons. The molecule has 158 valence electrons. The molecule has 8 heteroatoms. The molecule has 2 aromatic carbocycles. The van der Waals surface area contributed by atoms with Crippen LogP contribution in [0.25, 0.3) is 10.9 Å². The Balaban J connectivity index is 1.31. The molecule has 3 N–H and O–H groups in total. The lowest BCUT2D eigenvalue weighted by atomic mass is 10.1. The van der Waals surface area contributed by atoms with E-state index in [1.807, 2.05) is 37.3 Å². The number of urea groups is 1. The van der Waals surface area contributed by atoms with Crippen molar-refractivity contribution >= 4 is 34.4 Å². The molecule has 1 aromatic heterocycles. The van der Waals surface area contributed by atoms with E-state index in [-0.39, 0.29) is 18.7 Å². The number of nitrogens with one attached hydrogen (secondary N) is 3. The van der Waals surface area contributed by atoms with Crippen molar-refractivity contribution < 1.29 is 19.1 Å². The zero-order valence-corrected chi connectivity index (χ0v) is 17.0.